The quantitative estimate of drug-likeness (QED) is 0.0197. The maximum Gasteiger partial charge on any atom is 0.472 e. The van der Waals surface area contributed by atoms with Gasteiger partial charge in [0.05, 0.1) is 19.8 Å². The Bertz CT molecular complexity index is 1780. The predicted molar refractivity (Wildman–Crippen MR) is 316 cm³/mol. The Hall–Kier alpha value is -4.38. The van der Waals surface area contributed by atoms with Gasteiger partial charge in [-0.25, -0.2) is 4.57 Å². The van der Waals surface area contributed by atoms with Crippen LogP contribution < -0.4 is 0 Å². The molecule has 0 aromatic rings. The van der Waals surface area contributed by atoms with Gasteiger partial charge in [0.2, 0.25) is 0 Å². The predicted octanol–water partition coefficient (Wildman–Crippen LogP) is 17.4. The van der Waals surface area contributed by atoms with Crippen LogP contribution in [0, 0.1) is 0 Å². The largest absolute Gasteiger partial charge is 0.472 e. The van der Waals surface area contributed by atoms with Crippen molar-refractivity contribution in [3.8, 4) is 0 Å². The molecular formula is C64H103O11P. The minimum atomic E-state index is -4.78. The molecular weight excluding hydrogens is 976 g/mol. The van der Waals surface area contributed by atoms with E-state index in [0.717, 1.165) is 128 Å². The third kappa shape index (κ3) is 54.4. The zero-order valence-corrected chi connectivity index (χ0v) is 48.3. The first-order valence-corrected chi connectivity index (χ1v) is 30.6. The summed E-state index contributed by atoms with van der Waals surface area (Å²) in [7, 11) is -4.78. The van der Waals surface area contributed by atoms with E-state index in [-0.39, 0.29) is 25.9 Å². The molecule has 0 amide bonds. The molecule has 0 aromatic heterocycles. The van der Waals surface area contributed by atoms with Crippen LogP contribution in [0.15, 0.2) is 134 Å². The van der Waals surface area contributed by atoms with E-state index < -0.39 is 57.8 Å². The summed E-state index contributed by atoms with van der Waals surface area (Å²) in [5.74, 6) is -1.62. The van der Waals surface area contributed by atoms with Crippen LogP contribution in [0.5, 0.6) is 0 Å². The van der Waals surface area contributed by atoms with E-state index in [1.807, 2.05) is 12.2 Å². The normalized spacial score (nSPS) is 14.3. The molecule has 0 rings (SSSR count). The van der Waals surface area contributed by atoms with E-state index in [9.17, 15) is 28.9 Å². The van der Waals surface area contributed by atoms with E-state index in [1.165, 1.54) is 25.7 Å². The third-order valence-corrected chi connectivity index (χ3v) is 12.5. The van der Waals surface area contributed by atoms with Gasteiger partial charge in [-0.05, 0) is 122 Å². The molecule has 0 saturated carbocycles. The topological polar surface area (TPSA) is 155 Å². The molecule has 0 aliphatic rings. The molecule has 0 spiro atoms. The van der Waals surface area contributed by atoms with Crippen molar-refractivity contribution in [2.24, 2.45) is 0 Å². The van der Waals surface area contributed by atoms with E-state index in [1.54, 1.807) is 0 Å². The lowest BCUT2D eigenvalue weighted by atomic mass is 10.1. The van der Waals surface area contributed by atoms with Crippen molar-refractivity contribution < 1.29 is 52.2 Å². The molecule has 0 radical (unpaired) electrons. The van der Waals surface area contributed by atoms with Crippen molar-refractivity contribution in [3.63, 3.8) is 0 Å². The molecule has 0 saturated heterocycles. The number of phosphoric acid groups is 1. The number of ether oxygens (including phenoxy) is 3. The second-order valence-electron chi connectivity index (χ2n) is 18.7. The van der Waals surface area contributed by atoms with Crippen LogP contribution in [0.25, 0.3) is 0 Å². The fourth-order valence-electron chi connectivity index (χ4n) is 7.19. The van der Waals surface area contributed by atoms with Crippen molar-refractivity contribution in [1.82, 2.24) is 0 Å². The Morgan fingerprint density at radius 1 is 0.382 bits per heavy atom. The second-order valence-corrected chi connectivity index (χ2v) is 20.1. The number of carbonyl (C=O) groups is 3. The number of carbonyl (C=O) groups excluding carboxylic acids is 3. The van der Waals surface area contributed by atoms with E-state index >= 15 is 0 Å². The summed E-state index contributed by atoms with van der Waals surface area (Å²) in [5.41, 5.74) is 0. The fraction of sp³-hybridized carbons (Fsp3) is 0.609. The van der Waals surface area contributed by atoms with Crippen molar-refractivity contribution in [1.29, 1.82) is 0 Å². The Morgan fingerprint density at radius 2 is 0.711 bits per heavy atom. The number of aliphatic hydroxyl groups excluding tert-OH is 1. The fourth-order valence-corrected chi connectivity index (χ4v) is 7.97. The molecule has 3 unspecified atom stereocenters. The van der Waals surface area contributed by atoms with E-state index in [4.69, 9.17) is 23.3 Å². The van der Waals surface area contributed by atoms with Gasteiger partial charge in [-0.2, -0.15) is 0 Å². The molecule has 0 aliphatic carbocycles. The number of phosphoric ester groups is 1. The van der Waals surface area contributed by atoms with Gasteiger partial charge >= 0.3 is 25.7 Å². The summed E-state index contributed by atoms with van der Waals surface area (Å²) in [6.07, 6.45) is 71.4. The first-order valence-electron chi connectivity index (χ1n) is 29.1. The van der Waals surface area contributed by atoms with Gasteiger partial charge in [-0.15, -0.1) is 0 Å². The van der Waals surface area contributed by atoms with Crippen LogP contribution in [0.2, 0.25) is 0 Å². The molecule has 12 heteroatoms. The van der Waals surface area contributed by atoms with E-state index in [0.29, 0.717) is 19.3 Å². The number of hydrogen-bond acceptors (Lipinski definition) is 10. The standard InChI is InChI=1S/C64H103O11P/c1-4-7-10-13-16-19-22-25-27-29-30-32-34-37-40-43-46-49-52-55-64(68)75-61(57-71-62(66)53-50-47-44-41-38-35-24-21-18-15-12-9-6-3)59-73-76(69,70)72-58-60(56-65)74-63(67)54-51-48-45-42-39-36-33-31-28-26-23-20-17-14-11-8-5-2/h8-9,11-12,16-21,25-28,30,32-33,35-36,38,44,47,60-61,65H,4-7,10,13-15,22-24,29,31,34,37,39-43,45-46,48-59H2,1-3H3,(H,69,70)/b11-8-,12-9-,19-16-,20-17-,21-18-,27-25-,28-26-,32-30-,36-33-,38-35-,47-44-. The highest BCUT2D eigenvalue weighted by Crippen LogP contribution is 2.43. The Morgan fingerprint density at radius 3 is 1.11 bits per heavy atom. The van der Waals surface area contributed by atoms with Crippen LogP contribution >= 0.6 is 7.82 Å². The number of hydrogen-bond donors (Lipinski definition) is 2. The summed E-state index contributed by atoms with van der Waals surface area (Å²) in [6, 6.07) is 0. The second kappa shape index (κ2) is 56.8. The molecule has 2 N–H and O–H groups in total. The number of aliphatic hydroxyl groups is 1. The van der Waals surface area contributed by atoms with Gasteiger partial charge in [-0.3, -0.25) is 23.4 Å². The number of unbranched alkanes of at least 4 members (excludes halogenated alkanes) is 13. The average Bonchev–Trinajstić information content (AvgIpc) is 3.41. The minimum absolute atomic E-state index is 0.0936. The van der Waals surface area contributed by atoms with Crippen molar-refractivity contribution in [3.05, 3.63) is 134 Å². The third-order valence-electron chi connectivity index (χ3n) is 11.6. The lowest BCUT2D eigenvalue weighted by molar-refractivity contribution is -0.161. The lowest BCUT2D eigenvalue weighted by Crippen LogP contribution is -2.30. The molecule has 11 nitrogen and oxygen atoms in total. The maximum absolute atomic E-state index is 12.9. The van der Waals surface area contributed by atoms with Crippen molar-refractivity contribution >= 4 is 25.7 Å². The summed E-state index contributed by atoms with van der Waals surface area (Å²) >= 11 is 0. The van der Waals surface area contributed by atoms with Gasteiger partial charge in [0, 0.05) is 19.3 Å². The molecule has 0 heterocycles. The average molecular weight is 1080 g/mol. The monoisotopic (exact) mass is 1080 g/mol. The molecule has 76 heavy (non-hydrogen) atoms. The molecule has 0 fully saturated rings. The van der Waals surface area contributed by atoms with Crippen LogP contribution in [0.1, 0.15) is 213 Å². The smallest absolute Gasteiger partial charge is 0.462 e. The highest BCUT2D eigenvalue weighted by Gasteiger charge is 2.28. The number of allylic oxidation sites excluding steroid dienone is 22. The molecule has 0 bridgehead atoms. The summed E-state index contributed by atoms with van der Waals surface area (Å²) < 4.78 is 39.4. The molecule has 0 aliphatic heterocycles. The number of esters is 3. The highest BCUT2D eigenvalue weighted by atomic mass is 31.2. The zero-order chi connectivity index (χ0) is 55.5. The number of rotatable bonds is 52. The first kappa shape index (κ1) is 71.6. The van der Waals surface area contributed by atoms with Crippen molar-refractivity contribution in [2.75, 3.05) is 26.4 Å². The Balaban J connectivity index is 4.83. The van der Waals surface area contributed by atoms with Gasteiger partial charge in [0.15, 0.2) is 6.10 Å². The molecule has 430 valence electrons. The van der Waals surface area contributed by atoms with Gasteiger partial charge in [0.1, 0.15) is 12.7 Å². The molecule has 3 atom stereocenters. The maximum atomic E-state index is 12.9. The highest BCUT2D eigenvalue weighted by molar-refractivity contribution is 7.47. The van der Waals surface area contributed by atoms with Crippen molar-refractivity contribution in [2.45, 2.75) is 226 Å². The van der Waals surface area contributed by atoms with Crippen LogP contribution in [0.3, 0.4) is 0 Å². The van der Waals surface area contributed by atoms with Gasteiger partial charge < -0.3 is 24.2 Å². The van der Waals surface area contributed by atoms with Gasteiger partial charge in [-0.1, -0.05) is 206 Å². The lowest BCUT2D eigenvalue weighted by Gasteiger charge is -2.21. The van der Waals surface area contributed by atoms with Crippen LogP contribution in [-0.2, 0) is 42.2 Å². The minimum Gasteiger partial charge on any atom is -0.462 e. The van der Waals surface area contributed by atoms with E-state index in [2.05, 4.69) is 142 Å². The summed E-state index contributed by atoms with van der Waals surface area (Å²) in [4.78, 5) is 48.5. The van der Waals surface area contributed by atoms with Gasteiger partial charge in [0.25, 0.3) is 0 Å². The van der Waals surface area contributed by atoms with Crippen LogP contribution in [0.4, 0.5) is 0 Å². The summed E-state index contributed by atoms with van der Waals surface area (Å²) in [6.45, 7) is 4.24. The van der Waals surface area contributed by atoms with Crippen LogP contribution in [-0.4, -0.2) is 66.5 Å². The zero-order valence-electron chi connectivity index (χ0n) is 47.4. The Kier molecular flexibility index (Phi) is 53.5. The molecule has 0 aromatic carbocycles. The SMILES string of the molecule is CC/C=C\C/C=C\C/C=C\C/C=C\CCCCCCC(=O)OC(CO)COP(=O)(O)OCC(COC(=O)CC/C=C\C/C=C\C/C=C\C/C=C\CC)OC(=O)CCCCCCCC/C=C\C/C=C\C/C=C\CCCCC. The first-order chi connectivity index (χ1) is 37.2. The Labute approximate surface area is 461 Å². The summed E-state index contributed by atoms with van der Waals surface area (Å²) in [5, 5.41) is 9.82.